The van der Waals surface area contributed by atoms with Gasteiger partial charge in [-0.05, 0) is 114 Å². The zero-order chi connectivity index (χ0) is 51.9. The number of hydrogen-bond donors (Lipinski definition) is 5. The first kappa shape index (κ1) is 51.4. The molecule has 0 aromatic heterocycles. The number of carbonyl (C=O) groups excluding carboxylic acids is 4. The van der Waals surface area contributed by atoms with Gasteiger partial charge < -0.3 is 30.6 Å². The zero-order valence-corrected chi connectivity index (χ0v) is 42.4. The molecule has 1 heterocycles. The molecule has 1 atom stereocenters. The van der Waals surface area contributed by atoms with Crippen LogP contribution in [0.2, 0.25) is 0 Å². The van der Waals surface area contributed by atoms with Crippen molar-refractivity contribution >= 4 is 50.8 Å². The highest BCUT2D eigenvalue weighted by molar-refractivity contribution is 7.90. The van der Waals surface area contributed by atoms with Crippen molar-refractivity contribution in [3.8, 4) is 16.9 Å². The molecular weight excluding hydrogens is 947 g/mol. The van der Waals surface area contributed by atoms with Crippen LogP contribution in [0.1, 0.15) is 83.5 Å². The minimum absolute atomic E-state index is 0.0209. The number of benzene rings is 6. The second kappa shape index (κ2) is 22.2. The van der Waals surface area contributed by atoms with E-state index in [1.165, 1.54) is 0 Å². The molecule has 1 unspecified atom stereocenters. The molecule has 4 amide bonds. The number of sulfonamides is 1. The number of urea groups is 1. The predicted molar refractivity (Wildman–Crippen MR) is 279 cm³/mol. The molecule has 0 bridgehead atoms. The summed E-state index contributed by atoms with van der Waals surface area (Å²) < 4.78 is 47.6. The first-order valence-corrected chi connectivity index (χ1v) is 25.8. The van der Waals surface area contributed by atoms with Crippen LogP contribution in [0, 0.1) is 20.8 Å². The van der Waals surface area contributed by atoms with Gasteiger partial charge in [0.15, 0.2) is 0 Å². The third-order valence-corrected chi connectivity index (χ3v) is 14.8. The van der Waals surface area contributed by atoms with Crippen molar-refractivity contribution in [2.45, 2.75) is 95.9 Å². The maximum atomic E-state index is 14.4. The Morgan fingerprint density at radius 2 is 1.47 bits per heavy atom. The Morgan fingerprint density at radius 1 is 0.808 bits per heavy atom. The molecule has 0 spiro atoms. The van der Waals surface area contributed by atoms with E-state index in [-0.39, 0.29) is 68.9 Å². The highest BCUT2D eigenvalue weighted by atomic mass is 32.2. The van der Waals surface area contributed by atoms with Crippen molar-refractivity contribution in [3.05, 3.63) is 166 Å². The van der Waals surface area contributed by atoms with Crippen molar-refractivity contribution < 1.29 is 41.8 Å². The lowest BCUT2D eigenvalue weighted by Gasteiger charge is -2.27. The third-order valence-electron chi connectivity index (χ3n) is 13.2. The molecule has 1 aliphatic carbocycles. The molecule has 6 N–H and O–H groups in total. The van der Waals surface area contributed by atoms with Gasteiger partial charge in [0.1, 0.15) is 30.6 Å². The highest BCUT2D eigenvalue weighted by Crippen LogP contribution is 2.45. The summed E-state index contributed by atoms with van der Waals surface area (Å²) in [5.41, 5.74) is 16.7. The number of rotatable bonds is 17. The van der Waals surface area contributed by atoms with Crippen LogP contribution in [0.4, 0.5) is 9.59 Å². The van der Waals surface area contributed by atoms with Gasteiger partial charge in [-0.1, -0.05) is 115 Å². The van der Waals surface area contributed by atoms with E-state index >= 15 is 0 Å². The van der Waals surface area contributed by atoms with Crippen molar-refractivity contribution in [1.82, 2.24) is 25.8 Å². The zero-order valence-electron chi connectivity index (χ0n) is 41.6. The number of hydrazine groups is 1. The molecule has 73 heavy (non-hydrogen) atoms. The van der Waals surface area contributed by atoms with Gasteiger partial charge in [-0.15, -0.1) is 0 Å². The number of alkyl carbamates (subject to hydrolysis) is 1. The number of fused-ring (bicyclic) bond motifs is 5. The molecule has 17 heteroatoms. The summed E-state index contributed by atoms with van der Waals surface area (Å²) >= 11 is 0. The van der Waals surface area contributed by atoms with Crippen LogP contribution < -0.4 is 31.3 Å². The fourth-order valence-electron chi connectivity index (χ4n) is 9.48. The number of nitrogens with one attached hydrogen (secondary N) is 4. The quantitative estimate of drug-likeness (QED) is 0.0194. The Kier molecular flexibility index (Phi) is 15.7. The van der Waals surface area contributed by atoms with Gasteiger partial charge in [-0.25, -0.2) is 27.7 Å². The van der Waals surface area contributed by atoms with Crippen molar-refractivity contribution in [2.24, 2.45) is 10.7 Å². The molecule has 0 radical (unpaired) electrons. The first-order valence-electron chi connectivity index (χ1n) is 24.3. The molecule has 0 saturated heterocycles. The van der Waals surface area contributed by atoms with Gasteiger partial charge in [-0.2, -0.15) is 0 Å². The number of aliphatic imine (C=N–C) groups is 1. The molecule has 8 rings (SSSR count). The maximum absolute atomic E-state index is 14.4. The van der Waals surface area contributed by atoms with Crippen LogP contribution in [-0.4, -0.2) is 74.7 Å². The summed E-state index contributed by atoms with van der Waals surface area (Å²) in [6.45, 7) is 9.04. The molecule has 0 fully saturated rings. The smallest absolute Gasteiger partial charge is 0.407 e. The van der Waals surface area contributed by atoms with Gasteiger partial charge in [-0.3, -0.25) is 20.0 Å². The number of ether oxygens (including phenoxy) is 3. The van der Waals surface area contributed by atoms with Crippen LogP contribution in [0.5, 0.6) is 5.75 Å². The van der Waals surface area contributed by atoms with Gasteiger partial charge >= 0.3 is 18.1 Å². The van der Waals surface area contributed by atoms with Crippen LogP contribution in [0.3, 0.4) is 0 Å². The number of hydrogen-bond acceptors (Lipinski definition) is 10. The fraction of sp³-hybridized carbons (Fsp3) is 0.304. The number of esters is 1. The lowest BCUT2D eigenvalue weighted by molar-refractivity contribution is -0.144. The molecule has 16 nitrogen and oxygen atoms in total. The number of amides is 4. The fourth-order valence-corrected chi connectivity index (χ4v) is 11.0. The van der Waals surface area contributed by atoms with Gasteiger partial charge in [0.25, 0.3) is 15.9 Å². The number of guanidine groups is 1. The van der Waals surface area contributed by atoms with E-state index in [9.17, 15) is 27.6 Å². The molecule has 380 valence electrons. The largest absolute Gasteiger partial charge is 0.487 e. The summed E-state index contributed by atoms with van der Waals surface area (Å²) in [6, 6.07) is 36.4. The van der Waals surface area contributed by atoms with Crippen molar-refractivity contribution in [3.63, 3.8) is 0 Å². The minimum Gasteiger partial charge on any atom is -0.487 e. The first-order chi connectivity index (χ1) is 35.0. The van der Waals surface area contributed by atoms with Gasteiger partial charge in [0.2, 0.25) is 5.96 Å². The summed E-state index contributed by atoms with van der Waals surface area (Å²) in [4.78, 5) is 59.2. The SMILES string of the molecule is Cc1c(C)c(S(=O)(=O)NC(N)=NCCCC(NC(=O)OCC2c3ccccc3-c3ccccc32)C(=O)NN(Cc2ccc3ccccc3c2)C(=O)NCCC(=O)OCc2ccccc2)c(C)c2c1OC(C)(C)C2. The van der Waals surface area contributed by atoms with Crippen LogP contribution >= 0.6 is 0 Å². The highest BCUT2D eigenvalue weighted by Gasteiger charge is 2.37. The summed E-state index contributed by atoms with van der Waals surface area (Å²) in [5.74, 6) is -1.20. The molecule has 1 aliphatic heterocycles. The van der Waals surface area contributed by atoms with Crippen molar-refractivity contribution in [1.29, 1.82) is 0 Å². The lowest BCUT2D eigenvalue weighted by atomic mass is 9.94. The molecular formula is C56H61N7O9S. The van der Waals surface area contributed by atoms with Crippen LogP contribution in [-0.2, 0) is 48.7 Å². The number of carbonyl (C=O) groups is 4. The minimum atomic E-state index is -4.19. The Bertz CT molecular complexity index is 3150. The van der Waals surface area contributed by atoms with Crippen molar-refractivity contribution in [2.75, 3.05) is 19.7 Å². The van der Waals surface area contributed by atoms with E-state index in [1.807, 2.05) is 142 Å². The van der Waals surface area contributed by atoms with Crippen LogP contribution in [0.15, 0.2) is 131 Å². The van der Waals surface area contributed by atoms with Crippen LogP contribution in [0.25, 0.3) is 21.9 Å². The van der Waals surface area contributed by atoms with E-state index in [0.717, 1.165) is 54.7 Å². The van der Waals surface area contributed by atoms with E-state index in [0.29, 0.717) is 28.9 Å². The third kappa shape index (κ3) is 12.2. The number of nitrogens with zero attached hydrogens (tertiary/aromatic N) is 2. The summed E-state index contributed by atoms with van der Waals surface area (Å²) in [5, 5.41) is 8.38. The normalized spacial score (nSPS) is 14.0. The molecule has 6 aromatic carbocycles. The average molecular weight is 1010 g/mol. The maximum Gasteiger partial charge on any atom is 0.407 e. The second-order valence-electron chi connectivity index (χ2n) is 19.0. The van der Waals surface area contributed by atoms with E-state index in [2.05, 4.69) is 25.8 Å². The molecule has 6 aromatic rings. The second-order valence-corrected chi connectivity index (χ2v) is 20.6. The van der Waals surface area contributed by atoms with Gasteiger partial charge in [0.05, 0.1) is 17.9 Å². The summed E-state index contributed by atoms with van der Waals surface area (Å²) in [6.07, 6.45) is -0.369. The van der Waals surface area contributed by atoms with E-state index in [1.54, 1.807) is 13.8 Å². The average Bonchev–Trinajstić information content (AvgIpc) is 3.88. The summed E-state index contributed by atoms with van der Waals surface area (Å²) in [7, 11) is -4.19. The monoisotopic (exact) mass is 1010 g/mol. The van der Waals surface area contributed by atoms with Gasteiger partial charge in [0, 0.05) is 31.0 Å². The molecule has 0 saturated carbocycles. The Labute approximate surface area is 425 Å². The van der Waals surface area contributed by atoms with E-state index in [4.69, 9.17) is 19.9 Å². The predicted octanol–water partition coefficient (Wildman–Crippen LogP) is 8.14. The lowest BCUT2D eigenvalue weighted by Crippen LogP contribution is -2.56. The standard InChI is InChI=1S/C56H61N7O9S/c1-35-36(2)51(37(3)46-31-56(4,5)72-50(35)46)73(68,69)62-53(57)58-28-15-24-48(60-55(67)71-34-47-44-22-13-11-20-42(44)43-21-12-14-23-45(43)47)52(65)61-63(32-39-25-26-40-18-9-10-19-41(40)30-39)54(66)59-29-27-49(64)70-33-38-16-7-6-8-17-38/h6-14,16-23,25-26,30,47-48H,15,24,27-29,31-34H2,1-5H3,(H,59,66)(H,60,67)(H,61,65)(H3,57,58,62). The number of nitrogens with two attached hydrogens (primary N) is 1. The van der Waals surface area contributed by atoms with E-state index < -0.39 is 45.7 Å². The Balaban J connectivity index is 0.977. The Hall–Kier alpha value is -7.92. The topological polar surface area (TPSA) is 220 Å². The molecule has 2 aliphatic rings. The Morgan fingerprint density at radius 3 is 2.18 bits per heavy atom.